The van der Waals surface area contributed by atoms with Gasteiger partial charge in [0, 0.05) is 5.71 Å². The fourth-order valence-corrected chi connectivity index (χ4v) is 2.37. The summed E-state index contributed by atoms with van der Waals surface area (Å²) in [5, 5.41) is 3.94. The second kappa shape index (κ2) is 7.24. The monoisotopic (exact) mass is 294 g/mol. The molecule has 0 aliphatic heterocycles. The van der Waals surface area contributed by atoms with Crippen molar-refractivity contribution in [3.8, 4) is 0 Å². The van der Waals surface area contributed by atoms with Crippen LogP contribution in [-0.2, 0) is 10.0 Å². The van der Waals surface area contributed by atoms with Gasteiger partial charge in [0.25, 0.3) is 10.0 Å². The van der Waals surface area contributed by atoms with Gasteiger partial charge >= 0.3 is 0 Å². The summed E-state index contributed by atoms with van der Waals surface area (Å²) in [6, 6.07) is 6.66. The lowest BCUT2D eigenvalue weighted by atomic mass is 10.1. The third-order valence-corrected chi connectivity index (χ3v) is 4.25. The second-order valence-corrected chi connectivity index (χ2v) is 6.52. The topological polar surface area (TPSA) is 58.5 Å². The number of hydrazone groups is 1. The summed E-state index contributed by atoms with van der Waals surface area (Å²) in [4.78, 5) is 2.49. The number of benzene rings is 1. The van der Waals surface area contributed by atoms with Crippen molar-refractivity contribution in [1.82, 2.24) is 4.83 Å². The molecule has 5 heteroatoms. The molecule has 0 saturated carbocycles. The Balaban J connectivity index is 2.67. The molecule has 0 saturated heterocycles. The molecule has 0 aromatic heterocycles. The number of allylic oxidation sites excluding steroid dienone is 1. The molecule has 1 aromatic rings. The fourth-order valence-electron chi connectivity index (χ4n) is 1.50. The Morgan fingerprint density at radius 2 is 1.85 bits per heavy atom. The van der Waals surface area contributed by atoms with Crippen molar-refractivity contribution in [2.24, 2.45) is 5.10 Å². The number of hydrogen-bond acceptors (Lipinski definition) is 3. The predicted octanol–water partition coefficient (Wildman–Crippen LogP) is 3.40. The van der Waals surface area contributed by atoms with Gasteiger partial charge in [-0.25, -0.2) is 4.83 Å². The summed E-state index contributed by atoms with van der Waals surface area (Å²) < 4.78 is 24.0. The van der Waals surface area contributed by atoms with Crippen LogP contribution in [0.3, 0.4) is 0 Å². The summed E-state index contributed by atoms with van der Waals surface area (Å²) in [5.41, 5.74) is 2.90. The van der Waals surface area contributed by atoms with E-state index in [4.69, 9.17) is 0 Å². The number of sulfonamides is 1. The standard InChI is InChI=1S/C15H22N2O2S/c1-5-12(2)6-9-14(4)16-17-20(18,19)15-10-7-13(3)8-11-15/h7-8,10-11,17H,2,5-6,9H2,1,3-4H3/b16-14-. The van der Waals surface area contributed by atoms with Gasteiger partial charge in [0.1, 0.15) is 0 Å². The molecule has 0 amide bonds. The van der Waals surface area contributed by atoms with Gasteiger partial charge in [0.2, 0.25) is 0 Å². The minimum atomic E-state index is -3.58. The summed E-state index contributed by atoms with van der Waals surface area (Å²) in [6.07, 6.45) is 2.48. The lowest BCUT2D eigenvalue weighted by Gasteiger charge is -2.06. The number of nitrogens with zero attached hydrogens (tertiary/aromatic N) is 1. The first kappa shape index (κ1) is 16.4. The van der Waals surface area contributed by atoms with Gasteiger partial charge < -0.3 is 0 Å². The molecular formula is C15H22N2O2S. The van der Waals surface area contributed by atoms with Crippen molar-refractivity contribution in [3.63, 3.8) is 0 Å². The largest absolute Gasteiger partial charge is 0.276 e. The molecule has 4 nitrogen and oxygen atoms in total. The maximum Gasteiger partial charge on any atom is 0.276 e. The van der Waals surface area contributed by atoms with Gasteiger partial charge in [-0.15, -0.1) is 0 Å². The second-order valence-electron chi connectivity index (χ2n) is 4.86. The first-order chi connectivity index (χ1) is 9.35. The van der Waals surface area contributed by atoms with E-state index >= 15 is 0 Å². The summed E-state index contributed by atoms with van der Waals surface area (Å²) in [7, 11) is -3.58. The maximum atomic E-state index is 12.0. The fraction of sp³-hybridized carbons (Fsp3) is 0.400. The van der Waals surface area contributed by atoms with Gasteiger partial charge in [-0.1, -0.05) is 36.8 Å². The van der Waals surface area contributed by atoms with Crippen LogP contribution in [0.4, 0.5) is 0 Å². The van der Waals surface area contributed by atoms with Crippen LogP contribution in [0.1, 0.15) is 38.7 Å². The first-order valence-electron chi connectivity index (χ1n) is 6.63. The predicted molar refractivity (Wildman–Crippen MR) is 83.3 cm³/mol. The Kier molecular flexibility index (Phi) is 5.95. The highest BCUT2D eigenvalue weighted by Gasteiger charge is 2.12. The SMILES string of the molecule is C=C(CC)CC/C(C)=N\NS(=O)(=O)c1ccc(C)cc1. The van der Waals surface area contributed by atoms with Crippen LogP contribution in [-0.4, -0.2) is 14.1 Å². The molecule has 1 rings (SSSR count). The molecule has 0 spiro atoms. The number of hydrogen-bond donors (Lipinski definition) is 1. The van der Waals surface area contributed by atoms with Crippen molar-refractivity contribution >= 4 is 15.7 Å². The summed E-state index contributed by atoms with van der Waals surface area (Å²) in [5.74, 6) is 0. The molecule has 0 aliphatic carbocycles. The van der Waals surface area contributed by atoms with Crippen molar-refractivity contribution in [3.05, 3.63) is 42.0 Å². The Hall–Kier alpha value is -1.62. The van der Waals surface area contributed by atoms with Crippen LogP contribution < -0.4 is 4.83 Å². The highest BCUT2D eigenvalue weighted by Crippen LogP contribution is 2.10. The molecule has 1 aromatic carbocycles. The van der Waals surface area contributed by atoms with Crippen LogP contribution in [0.15, 0.2) is 46.4 Å². The Bertz CT molecular complexity index is 587. The Morgan fingerprint density at radius 1 is 1.25 bits per heavy atom. The van der Waals surface area contributed by atoms with Crippen molar-refractivity contribution in [2.45, 2.75) is 44.9 Å². The van der Waals surface area contributed by atoms with Gasteiger partial charge in [0.05, 0.1) is 4.90 Å². The van der Waals surface area contributed by atoms with E-state index in [1.54, 1.807) is 31.2 Å². The molecule has 0 aliphatic rings. The number of rotatable bonds is 7. The van der Waals surface area contributed by atoms with Crippen molar-refractivity contribution in [2.75, 3.05) is 0 Å². The van der Waals surface area contributed by atoms with Crippen LogP contribution >= 0.6 is 0 Å². The van der Waals surface area contributed by atoms with Crippen LogP contribution in [0.25, 0.3) is 0 Å². The third kappa shape index (κ3) is 5.17. The van der Waals surface area contributed by atoms with Gasteiger partial charge in [0.15, 0.2) is 0 Å². The smallest absolute Gasteiger partial charge is 0.200 e. The van der Waals surface area contributed by atoms with E-state index in [1.807, 2.05) is 6.92 Å². The molecule has 1 N–H and O–H groups in total. The van der Waals surface area contributed by atoms with E-state index in [2.05, 4.69) is 23.4 Å². The maximum absolute atomic E-state index is 12.0. The van der Waals surface area contributed by atoms with Crippen LogP contribution in [0.5, 0.6) is 0 Å². The molecule has 0 fully saturated rings. The van der Waals surface area contributed by atoms with E-state index in [0.29, 0.717) is 6.42 Å². The number of aryl methyl sites for hydroxylation is 1. The molecule has 0 unspecified atom stereocenters. The van der Waals surface area contributed by atoms with Crippen LogP contribution in [0, 0.1) is 6.92 Å². The lowest BCUT2D eigenvalue weighted by Crippen LogP contribution is -2.19. The van der Waals surface area contributed by atoms with Crippen LogP contribution in [0.2, 0.25) is 0 Å². The summed E-state index contributed by atoms with van der Waals surface area (Å²) >= 11 is 0. The van der Waals surface area contributed by atoms with Gasteiger partial charge in [-0.05, 0) is 45.2 Å². The zero-order valence-corrected chi connectivity index (χ0v) is 13.1. The molecule has 0 atom stereocenters. The van der Waals surface area contributed by atoms with Crippen molar-refractivity contribution in [1.29, 1.82) is 0 Å². The van der Waals surface area contributed by atoms with Gasteiger partial charge in [-0.2, -0.15) is 13.5 Å². The van der Waals surface area contributed by atoms with Gasteiger partial charge in [-0.3, -0.25) is 0 Å². The third-order valence-electron chi connectivity index (χ3n) is 3.03. The van der Waals surface area contributed by atoms with E-state index in [1.165, 1.54) is 0 Å². The minimum absolute atomic E-state index is 0.220. The number of nitrogens with one attached hydrogen (secondary N) is 1. The summed E-state index contributed by atoms with van der Waals surface area (Å²) in [6.45, 7) is 9.68. The molecule has 0 bridgehead atoms. The van der Waals surface area contributed by atoms with E-state index in [-0.39, 0.29) is 4.90 Å². The zero-order valence-electron chi connectivity index (χ0n) is 12.3. The van der Waals surface area contributed by atoms with E-state index in [0.717, 1.165) is 29.7 Å². The normalized spacial score (nSPS) is 12.2. The molecule has 110 valence electrons. The van der Waals surface area contributed by atoms with E-state index < -0.39 is 10.0 Å². The molecule has 0 heterocycles. The average Bonchev–Trinajstić information content (AvgIpc) is 2.43. The zero-order chi connectivity index (χ0) is 15.2. The van der Waals surface area contributed by atoms with Crippen molar-refractivity contribution < 1.29 is 8.42 Å². The minimum Gasteiger partial charge on any atom is -0.200 e. The average molecular weight is 294 g/mol. The molecule has 20 heavy (non-hydrogen) atoms. The first-order valence-corrected chi connectivity index (χ1v) is 8.11. The highest BCUT2D eigenvalue weighted by molar-refractivity contribution is 7.89. The highest BCUT2D eigenvalue weighted by atomic mass is 32.2. The lowest BCUT2D eigenvalue weighted by molar-refractivity contribution is 0.584. The Morgan fingerprint density at radius 3 is 2.40 bits per heavy atom. The Labute approximate surface area is 121 Å². The molecule has 0 radical (unpaired) electrons. The van der Waals surface area contributed by atoms with E-state index in [9.17, 15) is 8.42 Å². The molecular weight excluding hydrogens is 272 g/mol. The quantitative estimate of drug-likeness (QED) is 0.476.